The Morgan fingerprint density at radius 3 is 2.54 bits per heavy atom. The summed E-state index contributed by atoms with van der Waals surface area (Å²) in [5.74, 6) is -4.60. The summed E-state index contributed by atoms with van der Waals surface area (Å²) < 4.78 is 52.4. The van der Waals surface area contributed by atoms with Crippen LogP contribution in [-0.4, -0.2) is 23.7 Å². The van der Waals surface area contributed by atoms with Gasteiger partial charge in [0, 0.05) is 17.8 Å². The molecule has 7 heteroatoms. The number of alkyl halides is 4. The summed E-state index contributed by atoms with van der Waals surface area (Å²) in [5, 5.41) is 9.32. The molecule has 0 saturated carbocycles. The van der Waals surface area contributed by atoms with Crippen molar-refractivity contribution in [3.8, 4) is 0 Å². The summed E-state index contributed by atoms with van der Waals surface area (Å²) in [6, 6.07) is 10.7. The van der Waals surface area contributed by atoms with Gasteiger partial charge in [-0.15, -0.1) is 0 Å². The van der Waals surface area contributed by atoms with Crippen LogP contribution in [0.4, 0.5) is 23.2 Å². The van der Waals surface area contributed by atoms with Gasteiger partial charge in [0.15, 0.2) is 0 Å². The minimum absolute atomic E-state index is 0.165. The molecule has 0 aliphatic carbocycles. The fourth-order valence-corrected chi connectivity index (χ4v) is 3.48. The third kappa shape index (κ3) is 4.04. The number of halogens is 4. The highest BCUT2D eigenvalue weighted by Crippen LogP contribution is 2.42. The van der Waals surface area contributed by atoms with E-state index >= 15 is 0 Å². The number of carbonyl (C=O) groups is 1. The number of amides is 1. The topological polar surface area (TPSA) is 40.5 Å². The Morgan fingerprint density at radius 1 is 1.11 bits per heavy atom. The van der Waals surface area contributed by atoms with E-state index in [1.807, 2.05) is 31.2 Å². The van der Waals surface area contributed by atoms with Gasteiger partial charge >= 0.3 is 12.0 Å². The zero-order valence-corrected chi connectivity index (χ0v) is 15.4. The zero-order chi connectivity index (χ0) is 20.5. The van der Waals surface area contributed by atoms with Gasteiger partial charge in [0.1, 0.15) is 0 Å². The van der Waals surface area contributed by atoms with Gasteiger partial charge < -0.3 is 10.0 Å². The lowest BCUT2D eigenvalue weighted by Gasteiger charge is -2.26. The van der Waals surface area contributed by atoms with E-state index < -0.39 is 17.6 Å². The first-order valence-corrected chi connectivity index (χ1v) is 9.07. The van der Waals surface area contributed by atoms with Crippen molar-refractivity contribution in [3.63, 3.8) is 0 Å². The van der Waals surface area contributed by atoms with Crippen LogP contribution in [-0.2, 0) is 23.5 Å². The minimum atomic E-state index is -5.44. The molecule has 0 saturated heterocycles. The van der Waals surface area contributed by atoms with Crippen LogP contribution in [0.2, 0.25) is 0 Å². The van der Waals surface area contributed by atoms with Gasteiger partial charge in [-0.2, -0.15) is 17.6 Å². The van der Waals surface area contributed by atoms with Crippen LogP contribution in [0, 0.1) is 6.92 Å². The van der Waals surface area contributed by atoms with Crippen LogP contribution in [0.5, 0.6) is 0 Å². The van der Waals surface area contributed by atoms with Crippen molar-refractivity contribution in [2.45, 2.75) is 44.6 Å². The molecule has 150 valence electrons. The predicted octanol–water partition coefficient (Wildman–Crippen LogP) is 4.58. The molecule has 0 spiro atoms. The average molecular weight is 395 g/mol. The van der Waals surface area contributed by atoms with Gasteiger partial charge in [-0.1, -0.05) is 35.9 Å². The summed E-state index contributed by atoms with van der Waals surface area (Å²) >= 11 is 0. The van der Waals surface area contributed by atoms with Crippen molar-refractivity contribution in [1.29, 1.82) is 0 Å². The first-order chi connectivity index (χ1) is 13.1. The van der Waals surface area contributed by atoms with Gasteiger partial charge in [-0.25, -0.2) is 0 Å². The summed E-state index contributed by atoms with van der Waals surface area (Å²) in [6.07, 6.45) is -3.53. The highest BCUT2D eigenvalue weighted by atomic mass is 19.4. The van der Waals surface area contributed by atoms with Crippen molar-refractivity contribution in [2.75, 3.05) is 11.4 Å². The van der Waals surface area contributed by atoms with Gasteiger partial charge in [0.2, 0.25) is 5.91 Å². The molecule has 0 fully saturated rings. The van der Waals surface area contributed by atoms with E-state index in [4.69, 9.17) is 0 Å². The van der Waals surface area contributed by atoms with E-state index in [0.29, 0.717) is 37.1 Å². The summed E-state index contributed by atoms with van der Waals surface area (Å²) in [7, 11) is 0. The number of rotatable bonds is 3. The predicted molar refractivity (Wildman–Crippen MR) is 97.7 cm³/mol. The van der Waals surface area contributed by atoms with Crippen LogP contribution < -0.4 is 4.90 Å². The maximum Gasteiger partial charge on any atom is 0.453 e. The standard InChI is InChI=1S/C21H21F4NO2/c1-14-5-4-6-15(11-14)12-19(27)26-10-3-2-7-16-13-17(8-9-18(16)26)20(22,28)21(23,24)25/h4-6,8-9,11,13,28H,2-3,7,10,12H2,1H3. The molecular formula is C21H21F4NO2. The molecule has 0 aromatic heterocycles. The molecule has 3 rings (SSSR count). The van der Waals surface area contributed by atoms with Crippen LogP contribution in [0.25, 0.3) is 0 Å². The Morgan fingerprint density at radius 2 is 1.86 bits per heavy atom. The number of nitrogens with zero attached hydrogens (tertiary/aromatic N) is 1. The molecule has 1 atom stereocenters. The fraction of sp³-hybridized carbons (Fsp3) is 0.381. The van der Waals surface area contributed by atoms with Crippen LogP contribution >= 0.6 is 0 Å². The van der Waals surface area contributed by atoms with Crippen molar-refractivity contribution in [2.24, 2.45) is 0 Å². The molecule has 0 bridgehead atoms. The molecule has 3 nitrogen and oxygen atoms in total. The summed E-state index contributed by atoms with van der Waals surface area (Å²) in [4.78, 5) is 14.4. The van der Waals surface area contributed by atoms with Gasteiger partial charge in [0.25, 0.3) is 0 Å². The molecule has 1 N–H and O–H groups in total. The lowest BCUT2D eigenvalue weighted by atomic mass is 9.99. The Labute approximate surface area is 160 Å². The lowest BCUT2D eigenvalue weighted by Crippen LogP contribution is -2.38. The number of fused-ring (bicyclic) bond motifs is 1. The molecular weight excluding hydrogens is 374 g/mol. The minimum Gasteiger partial charge on any atom is -0.351 e. The van der Waals surface area contributed by atoms with Gasteiger partial charge in [-0.3, -0.25) is 4.79 Å². The van der Waals surface area contributed by atoms with Crippen LogP contribution in [0.3, 0.4) is 0 Å². The van der Waals surface area contributed by atoms with Crippen molar-refractivity contribution in [1.82, 2.24) is 0 Å². The maximum absolute atomic E-state index is 13.9. The Hall–Kier alpha value is -2.41. The maximum atomic E-state index is 13.9. The molecule has 1 aliphatic rings. The molecule has 2 aromatic rings. The van der Waals surface area contributed by atoms with E-state index in [1.165, 1.54) is 6.07 Å². The Balaban J connectivity index is 1.91. The van der Waals surface area contributed by atoms with E-state index in [2.05, 4.69) is 0 Å². The largest absolute Gasteiger partial charge is 0.453 e. The molecule has 28 heavy (non-hydrogen) atoms. The SMILES string of the molecule is Cc1cccc(CC(=O)N2CCCCc3cc(C(O)(F)C(F)(F)F)ccc32)c1. The highest BCUT2D eigenvalue weighted by molar-refractivity contribution is 5.95. The zero-order valence-electron chi connectivity index (χ0n) is 15.4. The second-order valence-corrected chi connectivity index (χ2v) is 7.13. The quantitative estimate of drug-likeness (QED) is 0.773. The van der Waals surface area contributed by atoms with Crippen molar-refractivity contribution in [3.05, 3.63) is 64.7 Å². The second-order valence-electron chi connectivity index (χ2n) is 7.13. The number of aryl methyl sites for hydroxylation is 2. The monoisotopic (exact) mass is 395 g/mol. The van der Waals surface area contributed by atoms with E-state index in [0.717, 1.165) is 23.3 Å². The Kier molecular flexibility index (Phi) is 5.48. The number of aliphatic hydroxyl groups is 1. The number of carbonyl (C=O) groups excluding carboxylic acids is 1. The number of hydrogen-bond donors (Lipinski definition) is 1. The third-order valence-electron chi connectivity index (χ3n) is 4.95. The number of benzene rings is 2. The van der Waals surface area contributed by atoms with Gasteiger partial charge in [0.05, 0.1) is 6.42 Å². The number of anilines is 1. The van der Waals surface area contributed by atoms with Crippen molar-refractivity contribution >= 4 is 11.6 Å². The lowest BCUT2D eigenvalue weighted by molar-refractivity contribution is -0.323. The van der Waals surface area contributed by atoms with E-state index in [9.17, 15) is 27.5 Å². The number of hydrogen-bond acceptors (Lipinski definition) is 2. The molecule has 1 heterocycles. The molecule has 2 aromatic carbocycles. The smallest absolute Gasteiger partial charge is 0.351 e. The van der Waals surface area contributed by atoms with Gasteiger partial charge in [-0.05, 0) is 49.4 Å². The first-order valence-electron chi connectivity index (χ1n) is 9.07. The molecule has 1 aliphatic heterocycles. The van der Waals surface area contributed by atoms with E-state index in [1.54, 1.807) is 4.90 Å². The van der Waals surface area contributed by atoms with Crippen LogP contribution in [0.15, 0.2) is 42.5 Å². The van der Waals surface area contributed by atoms with E-state index in [-0.39, 0.29) is 12.3 Å². The Bertz CT molecular complexity index is 877. The molecule has 1 unspecified atom stereocenters. The average Bonchev–Trinajstić information content (AvgIpc) is 2.82. The summed E-state index contributed by atoms with van der Waals surface area (Å²) in [5.41, 5.74) is 1.90. The summed E-state index contributed by atoms with van der Waals surface area (Å²) in [6.45, 7) is 2.37. The third-order valence-corrected chi connectivity index (χ3v) is 4.95. The van der Waals surface area contributed by atoms with Crippen LogP contribution in [0.1, 0.15) is 35.1 Å². The highest BCUT2D eigenvalue weighted by Gasteiger charge is 2.56. The second kappa shape index (κ2) is 7.54. The normalized spacial score (nSPS) is 16.9. The van der Waals surface area contributed by atoms with Crippen molar-refractivity contribution < 1.29 is 27.5 Å². The fourth-order valence-electron chi connectivity index (χ4n) is 3.48. The molecule has 1 amide bonds. The molecule has 0 radical (unpaired) electrons. The first kappa shape index (κ1) is 20.3.